The molecule has 0 saturated heterocycles. The molecule has 5 N–H and O–H groups in total. The Kier molecular flexibility index (Phi) is 2.91. The van der Waals surface area contributed by atoms with Crippen molar-refractivity contribution in [1.82, 2.24) is 0 Å². The first kappa shape index (κ1) is 6.88. The Bertz CT molecular complexity index is 47.0. The predicted octanol–water partition coefficient (Wildman–Crippen LogP) is -2.03. The quantitative estimate of drug-likeness (QED) is 0.380. The summed E-state index contributed by atoms with van der Waals surface area (Å²) in [6.45, 7) is 1.56. The van der Waals surface area contributed by atoms with Crippen LogP contribution in [0.1, 0.15) is 6.92 Å². The Morgan fingerprint density at radius 3 is 2.14 bits per heavy atom. The summed E-state index contributed by atoms with van der Waals surface area (Å²) in [6.07, 6.45) is -0.495. The Balaban J connectivity index is 3.14. The lowest BCUT2D eigenvalue weighted by molar-refractivity contribution is -0.441. The molecule has 3 heteroatoms. The minimum Gasteiger partial charge on any atom is -0.390 e. The highest BCUT2D eigenvalue weighted by molar-refractivity contribution is 4.55. The van der Waals surface area contributed by atoms with Gasteiger partial charge in [-0.25, -0.2) is 0 Å². The molecule has 7 heavy (non-hydrogen) atoms. The van der Waals surface area contributed by atoms with E-state index < -0.39 is 6.10 Å². The molecule has 0 aliphatic rings. The topological polar surface area (TPSA) is 68.1 Å². The molecule has 2 atom stereocenters. The fourth-order valence-corrected chi connectivity index (χ4v) is 0.153. The van der Waals surface area contributed by atoms with E-state index in [4.69, 9.17) is 10.2 Å². The van der Waals surface area contributed by atoms with Crippen molar-refractivity contribution in [2.75, 3.05) is 6.61 Å². The molecule has 0 unspecified atom stereocenters. The highest BCUT2D eigenvalue weighted by atomic mass is 16.3. The maximum absolute atomic E-state index is 8.60. The summed E-state index contributed by atoms with van der Waals surface area (Å²) in [5.74, 6) is 0. The molecular weight excluding hydrogens is 94.0 g/mol. The largest absolute Gasteiger partial charge is 0.390 e. The highest BCUT2D eigenvalue weighted by Crippen LogP contribution is 1.80. The van der Waals surface area contributed by atoms with E-state index in [9.17, 15) is 0 Å². The van der Waals surface area contributed by atoms with Crippen molar-refractivity contribution < 1.29 is 15.9 Å². The summed E-state index contributed by atoms with van der Waals surface area (Å²) in [5, 5.41) is 16.9. The molecule has 0 amide bonds. The number of quaternary nitrogens is 1. The van der Waals surface area contributed by atoms with Gasteiger partial charge in [0, 0.05) is 0 Å². The van der Waals surface area contributed by atoms with Gasteiger partial charge < -0.3 is 15.9 Å². The van der Waals surface area contributed by atoms with Gasteiger partial charge in [0.05, 0.1) is 6.61 Å². The van der Waals surface area contributed by atoms with Crippen molar-refractivity contribution >= 4 is 0 Å². The second-order valence-electron chi connectivity index (χ2n) is 1.68. The molecule has 0 bridgehead atoms. The van der Waals surface area contributed by atoms with Crippen LogP contribution in [0.25, 0.3) is 0 Å². The first-order valence-electron chi connectivity index (χ1n) is 2.30. The van der Waals surface area contributed by atoms with Crippen LogP contribution in [0.4, 0.5) is 0 Å². The van der Waals surface area contributed by atoms with E-state index >= 15 is 0 Å². The van der Waals surface area contributed by atoms with Gasteiger partial charge in [0.25, 0.3) is 0 Å². The molecule has 0 fully saturated rings. The number of aliphatic hydroxyl groups excluding tert-OH is 2. The lowest BCUT2D eigenvalue weighted by Crippen LogP contribution is -2.67. The van der Waals surface area contributed by atoms with E-state index in [1.807, 2.05) is 0 Å². The molecule has 0 aliphatic carbocycles. The van der Waals surface area contributed by atoms with Crippen LogP contribution in [0.2, 0.25) is 0 Å². The second kappa shape index (κ2) is 2.96. The molecular formula is C4H12NO2+. The summed E-state index contributed by atoms with van der Waals surface area (Å²) in [7, 11) is 0. The molecule has 44 valence electrons. The molecule has 0 spiro atoms. The van der Waals surface area contributed by atoms with Gasteiger partial charge in [-0.1, -0.05) is 0 Å². The maximum atomic E-state index is 8.60. The maximum Gasteiger partial charge on any atom is 0.134 e. The van der Waals surface area contributed by atoms with E-state index in [1.165, 1.54) is 0 Å². The van der Waals surface area contributed by atoms with Gasteiger partial charge in [-0.15, -0.1) is 0 Å². The first-order valence-corrected chi connectivity index (χ1v) is 2.30. The smallest absolute Gasteiger partial charge is 0.134 e. The van der Waals surface area contributed by atoms with Crippen molar-refractivity contribution in [2.45, 2.75) is 19.1 Å². The van der Waals surface area contributed by atoms with Crippen LogP contribution in [0.15, 0.2) is 0 Å². The second-order valence-corrected chi connectivity index (χ2v) is 1.68. The molecule has 0 aromatic carbocycles. The Morgan fingerprint density at radius 1 is 1.71 bits per heavy atom. The Morgan fingerprint density at radius 2 is 2.14 bits per heavy atom. The normalized spacial score (nSPS) is 18.9. The predicted molar refractivity (Wildman–Crippen MR) is 25.4 cm³/mol. The fourth-order valence-electron chi connectivity index (χ4n) is 0.153. The van der Waals surface area contributed by atoms with Crippen LogP contribution in [0.5, 0.6) is 0 Å². The van der Waals surface area contributed by atoms with E-state index in [-0.39, 0.29) is 12.6 Å². The Hall–Kier alpha value is -0.120. The van der Waals surface area contributed by atoms with Gasteiger partial charge in [-0.3, -0.25) is 0 Å². The van der Waals surface area contributed by atoms with Crippen LogP contribution >= 0.6 is 0 Å². The number of hydrogen-bond donors (Lipinski definition) is 3. The fraction of sp³-hybridized carbons (Fsp3) is 1.00. The third kappa shape index (κ3) is 2.56. The molecule has 0 radical (unpaired) electrons. The molecule has 0 heterocycles. The zero-order valence-corrected chi connectivity index (χ0v) is 4.46. The molecule has 0 aromatic rings. The van der Waals surface area contributed by atoms with Crippen molar-refractivity contribution in [3.63, 3.8) is 0 Å². The minimum absolute atomic E-state index is 0.0440. The van der Waals surface area contributed by atoms with Crippen LogP contribution in [-0.2, 0) is 0 Å². The first-order chi connectivity index (χ1) is 3.18. The number of aliphatic hydroxyl groups is 2. The molecule has 0 aromatic heterocycles. The SMILES string of the molecule is C[C@@H](O)[C@H]([NH3+])CO. The van der Waals surface area contributed by atoms with Crippen LogP contribution < -0.4 is 5.73 Å². The zero-order chi connectivity index (χ0) is 5.86. The summed E-state index contributed by atoms with van der Waals surface area (Å²) in [5.41, 5.74) is 3.46. The van der Waals surface area contributed by atoms with E-state index in [1.54, 1.807) is 6.92 Å². The van der Waals surface area contributed by atoms with E-state index in [2.05, 4.69) is 5.73 Å². The molecule has 0 saturated carbocycles. The van der Waals surface area contributed by atoms with Gasteiger partial charge >= 0.3 is 0 Å². The number of rotatable bonds is 2. The van der Waals surface area contributed by atoms with Gasteiger partial charge in [0.1, 0.15) is 12.1 Å². The standard InChI is InChI=1S/C4H11NO2/c1-3(7)4(5)2-6/h3-4,6-7H,2,5H2,1H3/p+1/t3-,4-/m1/s1. The molecule has 0 aliphatic heterocycles. The van der Waals surface area contributed by atoms with Gasteiger partial charge in [-0.2, -0.15) is 0 Å². The number of hydrogen-bond acceptors (Lipinski definition) is 2. The van der Waals surface area contributed by atoms with Gasteiger partial charge in [0.15, 0.2) is 0 Å². The highest BCUT2D eigenvalue weighted by Gasteiger charge is 2.09. The van der Waals surface area contributed by atoms with Crippen molar-refractivity contribution in [3.8, 4) is 0 Å². The molecule has 3 nitrogen and oxygen atoms in total. The summed E-state index contributed by atoms with van der Waals surface area (Å²) in [4.78, 5) is 0. The third-order valence-corrected chi connectivity index (χ3v) is 0.917. The van der Waals surface area contributed by atoms with Crippen molar-refractivity contribution in [2.24, 2.45) is 0 Å². The molecule has 0 rings (SSSR count). The third-order valence-electron chi connectivity index (χ3n) is 0.917. The van der Waals surface area contributed by atoms with Crippen LogP contribution in [-0.4, -0.2) is 29.0 Å². The van der Waals surface area contributed by atoms with E-state index in [0.717, 1.165) is 0 Å². The summed E-state index contributed by atoms with van der Waals surface area (Å²) < 4.78 is 0. The van der Waals surface area contributed by atoms with Gasteiger partial charge in [0.2, 0.25) is 0 Å². The Labute approximate surface area is 42.8 Å². The van der Waals surface area contributed by atoms with Crippen molar-refractivity contribution in [3.05, 3.63) is 0 Å². The van der Waals surface area contributed by atoms with E-state index in [0.29, 0.717) is 0 Å². The lowest BCUT2D eigenvalue weighted by atomic mass is 10.2. The average molecular weight is 106 g/mol. The summed E-state index contributed by atoms with van der Waals surface area (Å²) >= 11 is 0. The van der Waals surface area contributed by atoms with Crippen molar-refractivity contribution in [1.29, 1.82) is 0 Å². The van der Waals surface area contributed by atoms with Crippen LogP contribution in [0.3, 0.4) is 0 Å². The minimum atomic E-state index is -0.495. The van der Waals surface area contributed by atoms with Gasteiger partial charge in [-0.05, 0) is 6.92 Å². The average Bonchev–Trinajstić information content (AvgIpc) is 1.65. The lowest BCUT2D eigenvalue weighted by Gasteiger charge is -2.05. The summed E-state index contributed by atoms with van der Waals surface area (Å²) in [6, 6.07) is -0.236. The zero-order valence-electron chi connectivity index (χ0n) is 4.46. The monoisotopic (exact) mass is 106 g/mol. The van der Waals surface area contributed by atoms with Crippen LogP contribution in [0, 0.1) is 0 Å².